The average Bonchev–Trinajstić information content (AvgIpc) is 2.33. The Labute approximate surface area is 54.7 Å². The van der Waals surface area contributed by atoms with Gasteiger partial charge in [0, 0.05) is 6.42 Å². The van der Waals surface area contributed by atoms with Crippen molar-refractivity contribution in [2.75, 3.05) is 0 Å². The lowest BCUT2D eigenvalue weighted by molar-refractivity contribution is 0.472. The van der Waals surface area contributed by atoms with E-state index < -0.39 is 0 Å². The zero-order chi connectivity index (χ0) is 6.10. The van der Waals surface area contributed by atoms with Crippen molar-refractivity contribution in [1.82, 2.24) is 0 Å². The molecule has 0 aliphatic heterocycles. The summed E-state index contributed by atoms with van der Waals surface area (Å²) in [4.78, 5) is 0. The summed E-state index contributed by atoms with van der Waals surface area (Å²) in [6.45, 7) is 0. The minimum Gasteiger partial charge on any atom is -0.458 e. The van der Waals surface area contributed by atoms with Crippen molar-refractivity contribution in [3.05, 3.63) is 23.7 Å². The molecule has 0 aromatic carbocycles. The van der Waals surface area contributed by atoms with Crippen LogP contribution in [0.3, 0.4) is 0 Å². The van der Waals surface area contributed by atoms with Crippen LogP contribution >= 0.6 is 0 Å². The largest absolute Gasteiger partial charge is 0.458 e. The first-order valence-corrected chi connectivity index (χ1v) is 3.44. The van der Waals surface area contributed by atoms with Crippen LogP contribution in [0, 0.1) is 6.26 Å². The van der Waals surface area contributed by atoms with E-state index in [9.17, 15) is 0 Å². The van der Waals surface area contributed by atoms with Gasteiger partial charge in [-0.1, -0.05) is 0 Å². The van der Waals surface area contributed by atoms with Crippen molar-refractivity contribution in [3.63, 3.8) is 0 Å². The van der Waals surface area contributed by atoms with Crippen molar-refractivity contribution in [2.24, 2.45) is 0 Å². The molecule has 1 heteroatoms. The fourth-order valence-corrected chi connectivity index (χ4v) is 1.34. The van der Waals surface area contributed by atoms with Gasteiger partial charge in [0.2, 0.25) is 0 Å². The van der Waals surface area contributed by atoms with E-state index in [1.165, 1.54) is 30.6 Å². The second kappa shape index (κ2) is 1.90. The summed E-state index contributed by atoms with van der Waals surface area (Å²) in [5, 5.41) is 0. The maximum atomic E-state index is 5.13. The lowest BCUT2D eigenvalue weighted by Gasteiger charge is -2.07. The van der Waals surface area contributed by atoms with Gasteiger partial charge in [0.25, 0.3) is 0 Å². The van der Waals surface area contributed by atoms with Crippen molar-refractivity contribution >= 4 is 0 Å². The Hall–Kier alpha value is -0.720. The SMILES string of the molecule is [c]1cc2c(o1)CCCC2. The highest BCUT2D eigenvalue weighted by Crippen LogP contribution is 2.20. The molecule has 0 spiro atoms. The fourth-order valence-electron chi connectivity index (χ4n) is 1.34. The molecule has 1 heterocycles. The third-order valence-corrected chi connectivity index (χ3v) is 1.87. The van der Waals surface area contributed by atoms with Crippen LogP contribution in [-0.4, -0.2) is 0 Å². The number of rotatable bonds is 0. The van der Waals surface area contributed by atoms with Gasteiger partial charge < -0.3 is 4.42 Å². The van der Waals surface area contributed by atoms with Crippen LogP contribution < -0.4 is 0 Å². The van der Waals surface area contributed by atoms with E-state index in [2.05, 4.69) is 6.26 Å². The maximum absolute atomic E-state index is 5.13. The Bertz CT molecular complexity index is 180. The predicted molar refractivity (Wildman–Crippen MR) is 34.2 cm³/mol. The second-order valence-corrected chi connectivity index (χ2v) is 2.52. The molecule has 0 amide bonds. The number of hydrogen-bond acceptors (Lipinski definition) is 1. The Morgan fingerprint density at radius 1 is 1.33 bits per heavy atom. The van der Waals surface area contributed by atoms with Crippen LogP contribution in [0.2, 0.25) is 0 Å². The van der Waals surface area contributed by atoms with Gasteiger partial charge in [-0.25, -0.2) is 0 Å². The molecular weight excluding hydrogens is 112 g/mol. The molecular formula is C8H9O. The highest BCUT2D eigenvalue weighted by molar-refractivity contribution is 5.18. The molecule has 9 heavy (non-hydrogen) atoms. The average molecular weight is 121 g/mol. The Balaban J connectivity index is 2.39. The monoisotopic (exact) mass is 121 g/mol. The van der Waals surface area contributed by atoms with E-state index in [0.29, 0.717) is 0 Å². The first kappa shape index (κ1) is 5.10. The van der Waals surface area contributed by atoms with E-state index >= 15 is 0 Å². The number of furan rings is 1. The Morgan fingerprint density at radius 3 is 3.11 bits per heavy atom. The van der Waals surface area contributed by atoms with E-state index in [4.69, 9.17) is 4.42 Å². The molecule has 0 saturated carbocycles. The minimum absolute atomic E-state index is 1.12. The molecule has 2 rings (SSSR count). The Kier molecular flexibility index (Phi) is 1.08. The van der Waals surface area contributed by atoms with E-state index in [1.54, 1.807) is 0 Å². The van der Waals surface area contributed by atoms with E-state index in [-0.39, 0.29) is 0 Å². The molecule has 1 aromatic rings. The number of fused-ring (bicyclic) bond motifs is 1. The molecule has 0 atom stereocenters. The molecule has 1 aromatic heterocycles. The maximum Gasteiger partial charge on any atom is 0.169 e. The van der Waals surface area contributed by atoms with Crippen molar-refractivity contribution in [1.29, 1.82) is 0 Å². The highest BCUT2D eigenvalue weighted by atomic mass is 16.3. The molecule has 1 aliphatic rings. The highest BCUT2D eigenvalue weighted by Gasteiger charge is 2.10. The molecule has 1 nitrogen and oxygen atoms in total. The zero-order valence-electron chi connectivity index (χ0n) is 5.31. The Morgan fingerprint density at radius 2 is 2.22 bits per heavy atom. The lowest BCUT2D eigenvalue weighted by Crippen LogP contribution is -1.97. The van der Waals surface area contributed by atoms with Gasteiger partial charge in [0.1, 0.15) is 5.76 Å². The van der Waals surface area contributed by atoms with Gasteiger partial charge in [-0.05, 0) is 30.9 Å². The summed E-state index contributed by atoms with van der Waals surface area (Å²) < 4.78 is 5.13. The van der Waals surface area contributed by atoms with Crippen LogP contribution in [0.4, 0.5) is 0 Å². The number of aryl methyl sites for hydroxylation is 2. The van der Waals surface area contributed by atoms with Crippen molar-refractivity contribution in [3.8, 4) is 0 Å². The van der Waals surface area contributed by atoms with Crippen LogP contribution in [-0.2, 0) is 12.8 Å². The number of hydrogen-bond donors (Lipinski definition) is 0. The quantitative estimate of drug-likeness (QED) is 0.511. The third-order valence-electron chi connectivity index (χ3n) is 1.87. The minimum atomic E-state index is 1.12. The second-order valence-electron chi connectivity index (χ2n) is 2.52. The summed E-state index contributed by atoms with van der Waals surface area (Å²) >= 11 is 0. The normalized spacial score (nSPS) is 17.3. The zero-order valence-corrected chi connectivity index (χ0v) is 5.31. The van der Waals surface area contributed by atoms with Gasteiger partial charge in [0.05, 0.1) is 0 Å². The van der Waals surface area contributed by atoms with Crippen LogP contribution in [0.5, 0.6) is 0 Å². The summed E-state index contributed by atoms with van der Waals surface area (Å²) in [5.74, 6) is 1.17. The lowest BCUT2D eigenvalue weighted by atomic mass is 9.99. The van der Waals surface area contributed by atoms with Gasteiger partial charge in [-0.15, -0.1) is 0 Å². The van der Waals surface area contributed by atoms with Crippen LogP contribution in [0.25, 0.3) is 0 Å². The first-order valence-electron chi connectivity index (χ1n) is 3.44. The van der Waals surface area contributed by atoms with Gasteiger partial charge >= 0.3 is 0 Å². The summed E-state index contributed by atoms with van der Waals surface area (Å²) in [6.07, 6.45) is 7.69. The molecule has 0 N–H and O–H groups in total. The smallest absolute Gasteiger partial charge is 0.169 e. The molecule has 1 radical (unpaired) electrons. The van der Waals surface area contributed by atoms with Gasteiger partial charge in [0.15, 0.2) is 6.26 Å². The molecule has 1 aliphatic carbocycles. The predicted octanol–water partition coefficient (Wildman–Crippen LogP) is 1.96. The van der Waals surface area contributed by atoms with Crippen LogP contribution in [0.1, 0.15) is 24.2 Å². The fraction of sp³-hybridized carbons (Fsp3) is 0.500. The first-order chi connectivity index (χ1) is 4.47. The summed E-state index contributed by atoms with van der Waals surface area (Å²) in [6, 6.07) is 1.97. The standard InChI is InChI=1S/C8H9O/c1-2-4-8-7(3-1)5-6-9-8/h5H,1-4H2. The van der Waals surface area contributed by atoms with E-state index in [1.807, 2.05) is 6.07 Å². The summed E-state index contributed by atoms with van der Waals surface area (Å²) in [5.41, 5.74) is 1.38. The third kappa shape index (κ3) is 0.766. The molecule has 0 bridgehead atoms. The van der Waals surface area contributed by atoms with Gasteiger partial charge in [-0.3, -0.25) is 0 Å². The molecule has 0 saturated heterocycles. The van der Waals surface area contributed by atoms with Crippen molar-refractivity contribution in [2.45, 2.75) is 25.7 Å². The summed E-state index contributed by atoms with van der Waals surface area (Å²) in [7, 11) is 0. The van der Waals surface area contributed by atoms with Crippen molar-refractivity contribution < 1.29 is 4.42 Å². The topological polar surface area (TPSA) is 13.1 Å². The molecule has 47 valence electrons. The van der Waals surface area contributed by atoms with Gasteiger partial charge in [-0.2, -0.15) is 0 Å². The van der Waals surface area contributed by atoms with Crippen LogP contribution in [0.15, 0.2) is 10.5 Å². The van der Waals surface area contributed by atoms with E-state index in [0.717, 1.165) is 6.42 Å². The molecule has 0 unspecified atom stereocenters. The molecule has 0 fully saturated rings.